The van der Waals surface area contributed by atoms with Crippen molar-refractivity contribution >= 4 is 62.6 Å². The number of nitrogens with one attached hydrogen (secondary N) is 4. The normalized spacial score (nSPS) is 29.7. The summed E-state index contributed by atoms with van der Waals surface area (Å²) < 4.78 is 26.2. The molecule has 3 saturated carbocycles. The van der Waals surface area contributed by atoms with Gasteiger partial charge in [-0.15, -0.1) is 23.2 Å². The quantitative estimate of drug-likeness (QED) is 0.164. The number of Topliss-reactive ketones (excluding diaryl/α,β-unsaturated/α-hetero) is 1. The van der Waals surface area contributed by atoms with E-state index in [1.165, 1.54) is 4.90 Å². The van der Waals surface area contributed by atoms with Crippen LogP contribution in [-0.4, -0.2) is 94.9 Å². The minimum atomic E-state index is -3.37. The lowest BCUT2D eigenvalue weighted by molar-refractivity contribution is -0.145. The maximum atomic E-state index is 14.6. The van der Waals surface area contributed by atoms with Crippen LogP contribution in [0.2, 0.25) is 0 Å². The van der Waals surface area contributed by atoms with Gasteiger partial charge in [-0.1, -0.05) is 59.8 Å². The topological polar surface area (TPSA) is 171 Å². The van der Waals surface area contributed by atoms with E-state index in [1.54, 1.807) is 0 Å². The van der Waals surface area contributed by atoms with Crippen molar-refractivity contribution in [1.29, 1.82) is 0 Å². The predicted molar refractivity (Wildman–Crippen MR) is 191 cm³/mol. The fraction of sp³-hybridized carbons (Fsp3) is 0.857. The number of carbonyl (C=O) groups excluding carboxylic acids is 5. The fourth-order valence-electron chi connectivity index (χ4n) is 8.80. The second kappa shape index (κ2) is 15.5. The molecule has 5 rings (SSSR count). The smallest absolute Gasteiger partial charge is 0.315 e. The molecule has 12 nitrogen and oxygen atoms in total. The second-order valence-corrected chi connectivity index (χ2v) is 19.9. The molecule has 0 bridgehead atoms. The SMILES string of the molecule is CCCC[C@H](NC(=O)[C@@H]1C2C(CC2C(Cl)Cl)CN1C(=O)[C@@H](NC(=O)NC1(C2CCCS2(=O)=O)CCCCC1)C(C)(C)C)C(=O)C(=O)NC1CC1. The van der Waals surface area contributed by atoms with Crippen LogP contribution >= 0.6 is 23.2 Å². The average molecular weight is 761 g/mol. The largest absolute Gasteiger partial charge is 0.347 e. The summed E-state index contributed by atoms with van der Waals surface area (Å²) in [7, 11) is -3.37. The van der Waals surface area contributed by atoms with Crippen molar-refractivity contribution < 1.29 is 32.4 Å². The molecule has 0 spiro atoms. The Bertz CT molecular complexity index is 1430. The number of hydrogen-bond acceptors (Lipinski definition) is 7. The van der Waals surface area contributed by atoms with Crippen molar-refractivity contribution in [3.8, 4) is 0 Å². The molecule has 7 atom stereocenters. The van der Waals surface area contributed by atoms with Gasteiger partial charge in [0.05, 0.1) is 22.6 Å². The van der Waals surface area contributed by atoms with Gasteiger partial charge in [-0.05, 0) is 74.5 Å². The maximum absolute atomic E-state index is 14.6. The lowest BCUT2D eigenvalue weighted by Gasteiger charge is -2.43. The molecular weight excluding hydrogens is 705 g/mol. The van der Waals surface area contributed by atoms with Crippen LogP contribution < -0.4 is 21.3 Å². The number of halogens is 2. The molecule has 5 aliphatic rings. The average Bonchev–Trinajstić information content (AvgIpc) is 3.70. The van der Waals surface area contributed by atoms with Crippen molar-refractivity contribution in [2.45, 2.75) is 151 Å². The van der Waals surface area contributed by atoms with Crippen molar-refractivity contribution in [2.24, 2.45) is 23.2 Å². The molecule has 3 aliphatic carbocycles. The Morgan fingerprint density at radius 2 is 1.64 bits per heavy atom. The van der Waals surface area contributed by atoms with E-state index < -0.39 is 78.5 Å². The van der Waals surface area contributed by atoms with Gasteiger partial charge in [0.25, 0.3) is 5.91 Å². The Labute approximate surface area is 306 Å². The van der Waals surface area contributed by atoms with Crippen molar-refractivity contribution in [3.05, 3.63) is 0 Å². The van der Waals surface area contributed by atoms with Gasteiger partial charge in [-0.25, -0.2) is 13.2 Å². The van der Waals surface area contributed by atoms with Gasteiger partial charge >= 0.3 is 6.03 Å². The van der Waals surface area contributed by atoms with Crippen LogP contribution in [0.3, 0.4) is 0 Å². The summed E-state index contributed by atoms with van der Waals surface area (Å²) in [4.78, 5) is 69.4. The summed E-state index contributed by atoms with van der Waals surface area (Å²) in [5.41, 5.74) is -1.70. The van der Waals surface area contributed by atoms with Crippen LogP contribution in [0.4, 0.5) is 4.79 Å². The molecule has 282 valence electrons. The molecular formula is C35H55Cl2N5O7S. The Morgan fingerprint density at radius 1 is 0.960 bits per heavy atom. The van der Waals surface area contributed by atoms with Gasteiger partial charge in [0.1, 0.15) is 16.9 Å². The molecule has 2 heterocycles. The lowest BCUT2D eigenvalue weighted by atomic mass is 9.64. The van der Waals surface area contributed by atoms with Crippen molar-refractivity contribution in [3.63, 3.8) is 0 Å². The Kier molecular flexibility index (Phi) is 12.1. The van der Waals surface area contributed by atoms with Gasteiger partial charge in [0, 0.05) is 12.6 Å². The zero-order valence-electron chi connectivity index (χ0n) is 29.8. The zero-order chi connectivity index (χ0) is 36.6. The van der Waals surface area contributed by atoms with Crippen LogP contribution in [0.15, 0.2) is 0 Å². The standard InChI is InChI=1S/C35H55Cl2N5O7S/c1-5-6-11-23(27(43)31(45)38-21-13-14-21)39-30(44)26-25-20(18-22(25)29(36)37)19-42(26)32(46)28(34(2,3)4)40-33(47)41-35(15-8-7-9-16-35)24-12-10-17-50(24,48)49/h20-26,28-29H,5-19H2,1-4H3,(H,38,45)(H,39,44)(H2,40,41,47)/t20?,22?,23-,24?,25?,26-,28+/m0/s1. The van der Waals surface area contributed by atoms with E-state index in [-0.39, 0.29) is 42.5 Å². The first-order valence-electron chi connectivity index (χ1n) is 18.5. The molecule has 2 aliphatic heterocycles. The van der Waals surface area contributed by atoms with Crippen LogP contribution in [0.25, 0.3) is 0 Å². The number of unbranched alkanes of at least 4 members (excludes halogenated alkanes) is 1. The molecule has 2 saturated heterocycles. The molecule has 4 unspecified atom stereocenters. The van der Waals surface area contributed by atoms with Gasteiger partial charge in [0.2, 0.25) is 17.6 Å². The highest BCUT2D eigenvalue weighted by Crippen LogP contribution is 2.53. The fourth-order valence-corrected chi connectivity index (χ4v) is 11.7. The van der Waals surface area contributed by atoms with Crippen molar-refractivity contribution in [2.75, 3.05) is 12.3 Å². The first-order chi connectivity index (χ1) is 23.5. The number of rotatable bonds is 13. The number of alkyl halides is 2. The molecule has 0 aromatic rings. The minimum absolute atomic E-state index is 0.0209. The molecule has 0 aromatic heterocycles. The highest BCUT2D eigenvalue weighted by atomic mass is 35.5. The van der Waals surface area contributed by atoms with Crippen LogP contribution in [0.1, 0.15) is 111 Å². The first kappa shape index (κ1) is 39.1. The van der Waals surface area contributed by atoms with E-state index in [1.807, 2.05) is 27.7 Å². The third kappa shape index (κ3) is 8.40. The minimum Gasteiger partial charge on any atom is -0.347 e. The van der Waals surface area contributed by atoms with E-state index in [0.717, 1.165) is 38.5 Å². The summed E-state index contributed by atoms with van der Waals surface area (Å²) in [5.74, 6) is -3.03. The van der Waals surface area contributed by atoms with Gasteiger partial charge < -0.3 is 26.2 Å². The Hall–Kier alpha value is -2.12. The van der Waals surface area contributed by atoms with Gasteiger partial charge in [0.15, 0.2) is 9.84 Å². The van der Waals surface area contributed by atoms with Crippen molar-refractivity contribution in [1.82, 2.24) is 26.2 Å². The number of fused-ring (bicyclic) bond motifs is 1. The third-order valence-corrected chi connectivity index (χ3v) is 14.7. The number of urea groups is 1. The molecule has 50 heavy (non-hydrogen) atoms. The molecule has 5 amide bonds. The highest BCUT2D eigenvalue weighted by molar-refractivity contribution is 7.92. The van der Waals surface area contributed by atoms with Gasteiger partial charge in [-0.2, -0.15) is 0 Å². The monoisotopic (exact) mass is 759 g/mol. The third-order valence-electron chi connectivity index (χ3n) is 11.7. The number of carbonyl (C=O) groups is 5. The molecule has 0 aromatic carbocycles. The summed E-state index contributed by atoms with van der Waals surface area (Å²) in [6.45, 7) is 7.66. The molecule has 15 heteroatoms. The van der Waals surface area contributed by atoms with E-state index >= 15 is 0 Å². The van der Waals surface area contributed by atoms with E-state index in [0.29, 0.717) is 38.5 Å². The van der Waals surface area contributed by atoms with E-state index in [2.05, 4.69) is 21.3 Å². The zero-order valence-corrected chi connectivity index (χ0v) is 32.1. The number of hydrogen-bond donors (Lipinski definition) is 4. The number of ketones is 1. The van der Waals surface area contributed by atoms with Gasteiger partial charge in [-0.3, -0.25) is 19.2 Å². The number of sulfone groups is 1. The Balaban J connectivity index is 1.38. The lowest BCUT2D eigenvalue weighted by Crippen LogP contribution is -2.65. The maximum Gasteiger partial charge on any atom is 0.315 e. The highest BCUT2D eigenvalue weighted by Gasteiger charge is 2.60. The summed E-state index contributed by atoms with van der Waals surface area (Å²) in [6, 6.07) is -3.78. The summed E-state index contributed by atoms with van der Waals surface area (Å²) in [6.07, 6.45) is 8.58. The number of likely N-dealkylation sites (tertiary alicyclic amines) is 1. The Morgan fingerprint density at radius 3 is 2.20 bits per heavy atom. The number of nitrogens with zero attached hydrogens (tertiary/aromatic N) is 1. The molecule has 5 fully saturated rings. The van der Waals surface area contributed by atoms with E-state index in [9.17, 15) is 32.4 Å². The van der Waals surface area contributed by atoms with E-state index in [4.69, 9.17) is 23.2 Å². The second-order valence-electron chi connectivity index (χ2n) is 16.4. The predicted octanol–water partition coefficient (Wildman–Crippen LogP) is 3.77. The summed E-state index contributed by atoms with van der Waals surface area (Å²) in [5, 5.41) is 10.8. The van der Waals surface area contributed by atoms with Crippen LogP contribution in [0, 0.1) is 23.2 Å². The summed E-state index contributed by atoms with van der Waals surface area (Å²) >= 11 is 12.7. The number of amides is 5. The molecule has 4 N–H and O–H groups in total. The molecule has 0 radical (unpaired) electrons. The van der Waals surface area contributed by atoms with Crippen LogP contribution in [-0.2, 0) is 29.0 Å². The first-order valence-corrected chi connectivity index (χ1v) is 21.1. The van der Waals surface area contributed by atoms with Crippen LogP contribution in [0.5, 0.6) is 0 Å².